The molecule has 1 nitrogen and oxygen atoms in total. The molecule has 0 atom stereocenters. The van der Waals surface area contributed by atoms with E-state index in [4.69, 9.17) is 5.73 Å². The highest BCUT2D eigenvalue weighted by atomic mass is 19.1. The second-order valence-corrected chi connectivity index (χ2v) is 4.96. The van der Waals surface area contributed by atoms with Crippen LogP contribution in [0.5, 0.6) is 0 Å². The van der Waals surface area contributed by atoms with Crippen LogP contribution in [-0.4, -0.2) is 6.54 Å². The average Bonchev–Trinajstić information content (AvgIpc) is 2.30. The molecule has 0 aliphatic heterocycles. The summed E-state index contributed by atoms with van der Waals surface area (Å²) >= 11 is 0. The fourth-order valence-corrected chi connectivity index (χ4v) is 2.67. The molecule has 0 radical (unpaired) electrons. The number of benzene rings is 1. The third-order valence-electron chi connectivity index (χ3n) is 3.71. The highest BCUT2D eigenvalue weighted by Gasteiger charge is 2.20. The Balaban J connectivity index is 1.87. The van der Waals surface area contributed by atoms with E-state index in [-0.39, 0.29) is 5.82 Å². The molecule has 0 spiro atoms. The Morgan fingerprint density at radius 3 is 2.44 bits per heavy atom. The summed E-state index contributed by atoms with van der Waals surface area (Å²) in [6.45, 7) is 0.826. The topological polar surface area (TPSA) is 26.0 Å². The molecule has 16 heavy (non-hydrogen) atoms. The highest BCUT2D eigenvalue weighted by Crippen LogP contribution is 2.30. The maximum atomic E-state index is 13.0. The van der Waals surface area contributed by atoms with Gasteiger partial charge in [0.1, 0.15) is 5.82 Å². The number of hydrogen-bond donors (Lipinski definition) is 1. The van der Waals surface area contributed by atoms with Gasteiger partial charge in [0.05, 0.1) is 0 Å². The fourth-order valence-electron chi connectivity index (χ4n) is 2.67. The van der Waals surface area contributed by atoms with Crippen molar-refractivity contribution >= 4 is 0 Å². The standard InChI is InChI=1S/C14H20FN/c15-14-3-1-2-13(9-14)8-11-4-6-12(10-16)7-5-11/h1-3,9,11-12H,4-8,10,16H2. The smallest absolute Gasteiger partial charge is 0.123 e. The van der Waals surface area contributed by atoms with Crippen LogP contribution in [0.4, 0.5) is 4.39 Å². The van der Waals surface area contributed by atoms with Crippen LogP contribution < -0.4 is 5.73 Å². The third kappa shape index (κ3) is 3.05. The Morgan fingerprint density at radius 2 is 1.81 bits per heavy atom. The average molecular weight is 221 g/mol. The van der Waals surface area contributed by atoms with Gasteiger partial charge in [-0.05, 0) is 68.2 Å². The summed E-state index contributed by atoms with van der Waals surface area (Å²) in [5.41, 5.74) is 6.81. The fraction of sp³-hybridized carbons (Fsp3) is 0.571. The molecule has 0 aromatic heterocycles. The van der Waals surface area contributed by atoms with Crippen molar-refractivity contribution in [2.45, 2.75) is 32.1 Å². The van der Waals surface area contributed by atoms with Gasteiger partial charge in [0.2, 0.25) is 0 Å². The van der Waals surface area contributed by atoms with Crippen molar-refractivity contribution in [1.29, 1.82) is 0 Å². The van der Waals surface area contributed by atoms with E-state index in [1.54, 1.807) is 12.1 Å². The first-order chi connectivity index (χ1) is 7.78. The lowest BCUT2D eigenvalue weighted by atomic mass is 9.79. The Bertz CT molecular complexity index is 329. The van der Waals surface area contributed by atoms with E-state index in [1.807, 2.05) is 6.07 Å². The monoisotopic (exact) mass is 221 g/mol. The van der Waals surface area contributed by atoms with Gasteiger partial charge in [-0.25, -0.2) is 4.39 Å². The van der Waals surface area contributed by atoms with Gasteiger partial charge in [0.25, 0.3) is 0 Å². The number of nitrogens with two attached hydrogens (primary N) is 1. The van der Waals surface area contributed by atoms with Crippen LogP contribution in [0.3, 0.4) is 0 Å². The van der Waals surface area contributed by atoms with E-state index >= 15 is 0 Å². The molecule has 1 aliphatic carbocycles. The summed E-state index contributed by atoms with van der Waals surface area (Å²) < 4.78 is 13.0. The van der Waals surface area contributed by atoms with E-state index in [9.17, 15) is 4.39 Å². The van der Waals surface area contributed by atoms with Crippen molar-refractivity contribution in [3.63, 3.8) is 0 Å². The summed E-state index contributed by atoms with van der Waals surface area (Å²) in [5.74, 6) is 1.33. The van der Waals surface area contributed by atoms with Crippen molar-refractivity contribution in [2.75, 3.05) is 6.54 Å². The summed E-state index contributed by atoms with van der Waals surface area (Å²) in [4.78, 5) is 0. The van der Waals surface area contributed by atoms with Gasteiger partial charge >= 0.3 is 0 Å². The molecule has 88 valence electrons. The zero-order valence-electron chi connectivity index (χ0n) is 9.66. The lowest BCUT2D eigenvalue weighted by molar-refractivity contribution is 0.278. The minimum Gasteiger partial charge on any atom is -0.330 e. The summed E-state index contributed by atoms with van der Waals surface area (Å²) in [5, 5.41) is 0. The first kappa shape index (κ1) is 11.6. The SMILES string of the molecule is NCC1CCC(Cc2cccc(F)c2)CC1. The maximum absolute atomic E-state index is 13.0. The van der Waals surface area contributed by atoms with Crippen LogP contribution in [0.25, 0.3) is 0 Å². The van der Waals surface area contributed by atoms with E-state index in [0.29, 0.717) is 0 Å². The Hall–Kier alpha value is -0.890. The van der Waals surface area contributed by atoms with Gasteiger partial charge < -0.3 is 5.73 Å². The molecule has 1 aliphatic rings. The second kappa shape index (κ2) is 5.44. The minimum absolute atomic E-state index is 0.117. The Morgan fingerprint density at radius 1 is 1.12 bits per heavy atom. The molecular weight excluding hydrogens is 201 g/mol. The molecule has 1 saturated carbocycles. The second-order valence-electron chi connectivity index (χ2n) is 4.96. The van der Waals surface area contributed by atoms with Crippen molar-refractivity contribution in [3.8, 4) is 0 Å². The molecule has 1 fully saturated rings. The quantitative estimate of drug-likeness (QED) is 0.833. The highest BCUT2D eigenvalue weighted by molar-refractivity contribution is 5.16. The molecule has 0 heterocycles. The molecule has 0 saturated heterocycles. The molecule has 1 aromatic carbocycles. The van der Waals surface area contributed by atoms with E-state index < -0.39 is 0 Å². The molecular formula is C14H20FN. The van der Waals surface area contributed by atoms with E-state index in [1.165, 1.54) is 31.7 Å². The third-order valence-corrected chi connectivity index (χ3v) is 3.71. The van der Waals surface area contributed by atoms with Crippen molar-refractivity contribution in [1.82, 2.24) is 0 Å². The Kier molecular flexibility index (Phi) is 3.94. The molecule has 0 bridgehead atoms. The first-order valence-corrected chi connectivity index (χ1v) is 6.22. The van der Waals surface area contributed by atoms with E-state index in [0.717, 1.165) is 30.4 Å². The van der Waals surface area contributed by atoms with E-state index in [2.05, 4.69) is 0 Å². The predicted octanol–water partition coefficient (Wildman–Crippen LogP) is 3.13. The van der Waals surface area contributed by atoms with Crippen molar-refractivity contribution in [3.05, 3.63) is 35.6 Å². The molecule has 2 N–H and O–H groups in total. The van der Waals surface area contributed by atoms with Crippen LogP contribution in [0.15, 0.2) is 24.3 Å². The molecule has 2 heteroatoms. The largest absolute Gasteiger partial charge is 0.330 e. The lowest BCUT2D eigenvalue weighted by Crippen LogP contribution is -2.22. The summed E-state index contributed by atoms with van der Waals surface area (Å²) in [7, 11) is 0. The van der Waals surface area contributed by atoms with Crippen molar-refractivity contribution in [2.24, 2.45) is 17.6 Å². The Labute approximate surface area is 96.9 Å². The molecule has 0 amide bonds. The van der Waals surface area contributed by atoms with Gasteiger partial charge in [0.15, 0.2) is 0 Å². The van der Waals surface area contributed by atoms with Crippen LogP contribution in [-0.2, 0) is 6.42 Å². The number of rotatable bonds is 3. The van der Waals surface area contributed by atoms with Gasteiger partial charge in [-0.2, -0.15) is 0 Å². The number of hydrogen-bond acceptors (Lipinski definition) is 1. The van der Waals surface area contributed by atoms with Gasteiger partial charge in [-0.3, -0.25) is 0 Å². The zero-order valence-corrected chi connectivity index (χ0v) is 9.66. The van der Waals surface area contributed by atoms with Crippen LogP contribution >= 0.6 is 0 Å². The van der Waals surface area contributed by atoms with Gasteiger partial charge in [-0.15, -0.1) is 0 Å². The molecule has 1 aromatic rings. The zero-order chi connectivity index (χ0) is 11.4. The normalized spacial score (nSPS) is 25.6. The van der Waals surface area contributed by atoms with Crippen LogP contribution in [0.2, 0.25) is 0 Å². The molecule has 2 rings (SSSR count). The summed E-state index contributed by atoms with van der Waals surface area (Å²) in [6.07, 6.45) is 6.01. The lowest BCUT2D eigenvalue weighted by Gasteiger charge is -2.27. The number of halogens is 1. The molecule has 0 unspecified atom stereocenters. The predicted molar refractivity (Wildman–Crippen MR) is 64.6 cm³/mol. The van der Waals surface area contributed by atoms with Crippen LogP contribution in [0.1, 0.15) is 31.2 Å². The maximum Gasteiger partial charge on any atom is 0.123 e. The minimum atomic E-state index is -0.117. The van der Waals surface area contributed by atoms with Gasteiger partial charge in [0, 0.05) is 0 Å². The van der Waals surface area contributed by atoms with Crippen molar-refractivity contribution < 1.29 is 4.39 Å². The summed E-state index contributed by atoms with van der Waals surface area (Å²) in [6, 6.07) is 7.00. The first-order valence-electron chi connectivity index (χ1n) is 6.22. The van der Waals surface area contributed by atoms with Gasteiger partial charge in [-0.1, -0.05) is 12.1 Å². The van der Waals surface area contributed by atoms with Crippen LogP contribution in [0, 0.1) is 17.7 Å².